The SMILES string of the molecule is CCCC(Br)CO. The van der Waals surface area contributed by atoms with Gasteiger partial charge in [0.05, 0.1) is 6.61 Å². The highest BCUT2D eigenvalue weighted by Crippen LogP contribution is 2.04. The summed E-state index contributed by atoms with van der Waals surface area (Å²) in [5.74, 6) is 0. The van der Waals surface area contributed by atoms with Gasteiger partial charge in [0.15, 0.2) is 0 Å². The molecule has 2 heteroatoms. The Morgan fingerprint density at radius 2 is 2.29 bits per heavy atom. The second-order valence-corrected chi connectivity index (χ2v) is 2.86. The van der Waals surface area contributed by atoms with Gasteiger partial charge in [-0.3, -0.25) is 0 Å². The molecule has 7 heavy (non-hydrogen) atoms. The summed E-state index contributed by atoms with van der Waals surface area (Å²) in [6.07, 6.45) is 2.20. The van der Waals surface area contributed by atoms with E-state index in [1.807, 2.05) is 0 Å². The highest BCUT2D eigenvalue weighted by Gasteiger charge is 1.96. The monoisotopic (exact) mass is 166 g/mol. The van der Waals surface area contributed by atoms with Gasteiger partial charge in [-0.15, -0.1) is 0 Å². The fraction of sp³-hybridized carbons (Fsp3) is 1.00. The lowest BCUT2D eigenvalue weighted by molar-refractivity contribution is 0.292. The van der Waals surface area contributed by atoms with Crippen molar-refractivity contribution in [2.24, 2.45) is 0 Å². The zero-order valence-corrected chi connectivity index (χ0v) is 6.11. The summed E-state index contributed by atoms with van der Waals surface area (Å²) in [5.41, 5.74) is 0. The zero-order valence-electron chi connectivity index (χ0n) is 4.52. The van der Waals surface area contributed by atoms with Crippen molar-refractivity contribution >= 4 is 15.9 Å². The first-order chi connectivity index (χ1) is 3.31. The van der Waals surface area contributed by atoms with E-state index in [0.29, 0.717) is 4.83 Å². The lowest BCUT2D eigenvalue weighted by atomic mass is 10.3. The van der Waals surface area contributed by atoms with Gasteiger partial charge in [0, 0.05) is 4.83 Å². The van der Waals surface area contributed by atoms with Crippen LogP contribution in [0, 0.1) is 0 Å². The van der Waals surface area contributed by atoms with Gasteiger partial charge in [0.2, 0.25) is 0 Å². The normalized spacial score (nSPS) is 14.1. The molecule has 0 aliphatic heterocycles. The third kappa shape index (κ3) is 4.29. The van der Waals surface area contributed by atoms with Gasteiger partial charge in [-0.25, -0.2) is 0 Å². The second kappa shape index (κ2) is 4.60. The lowest BCUT2D eigenvalue weighted by Gasteiger charge is -1.99. The number of hydrogen-bond donors (Lipinski definition) is 1. The summed E-state index contributed by atoms with van der Waals surface area (Å²) in [6, 6.07) is 0. The van der Waals surface area contributed by atoms with E-state index in [1.54, 1.807) is 0 Å². The molecule has 1 unspecified atom stereocenters. The Balaban J connectivity index is 2.83. The molecule has 0 spiro atoms. The Morgan fingerprint density at radius 3 is 2.43 bits per heavy atom. The largest absolute Gasteiger partial charge is 0.395 e. The number of alkyl halides is 1. The number of hydrogen-bond acceptors (Lipinski definition) is 1. The first kappa shape index (κ1) is 7.44. The lowest BCUT2D eigenvalue weighted by Crippen LogP contribution is -2.01. The minimum absolute atomic E-state index is 0.258. The summed E-state index contributed by atoms with van der Waals surface area (Å²) in [6.45, 7) is 2.36. The third-order valence-electron chi connectivity index (χ3n) is 0.800. The Hall–Kier alpha value is 0.440. The van der Waals surface area contributed by atoms with E-state index in [4.69, 9.17) is 5.11 Å². The van der Waals surface area contributed by atoms with E-state index in [0.717, 1.165) is 12.8 Å². The van der Waals surface area contributed by atoms with E-state index in [9.17, 15) is 0 Å². The van der Waals surface area contributed by atoms with Crippen molar-refractivity contribution in [3.05, 3.63) is 0 Å². The Kier molecular flexibility index (Phi) is 4.88. The molecule has 1 N–H and O–H groups in total. The maximum atomic E-state index is 8.42. The molecule has 0 amide bonds. The van der Waals surface area contributed by atoms with Crippen molar-refractivity contribution in [3.63, 3.8) is 0 Å². The van der Waals surface area contributed by atoms with Crippen LogP contribution in [0.25, 0.3) is 0 Å². The fourth-order valence-electron chi connectivity index (χ4n) is 0.405. The maximum absolute atomic E-state index is 8.42. The predicted molar refractivity (Wildman–Crippen MR) is 34.7 cm³/mol. The minimum atomic E-state index is 0.258. The number of rotatable bonds is 3. The van der Waals surface area contributed by atoms with Crippen LogP contribution in [0.1, 0.15) is 19.8 Å². The highest BCUT2D eigenvalue weighted by atomic mass is 79.9. The van der Waals surface area contributed by atoms with Crippen LogP contribution >= 0.6 is 15.9 Å². The van der Waals surface area contributed by atoms with Crippen LogP contribution in [-0.2, 0) is 0 Å². The molecule has 0 heterocycles. The molecule has 0 fully saturated rings. The summed E-state index contributed by atoms with van der Waals surface area (Å²) in [4.78, 5) is 0.317. The average molecular weight is 167 g/mol. The minimum Gasteiger partial charge on any atom is -0.395 e. The summed E-state index contributed by atoms with van der Waals surface area (Å²) in [5, 5.41) is 8.42. The molecule has 0 rings (SSSR count). The fourth-order valence-corrected chi connectivity index (χ4v) is 0.862. The quantitative estimate of drug-likeness (QED) is 0.632. The van der Waals surface area contributed by atoms with Crippen LogP contribution in [0.3, 0.4) is 0 Å². The maximum Gasteiger partial charge on any atom is 0.0556 e. The predicted octanol–water partition coefficient (Wildman–Crippen LogP) is 1.54. The first-order valence-electron chi connectivity index (χ1n) is 2.56. The molecule has 0 aromatic rings. The molecule has 0 aromatic heterocycles. The van der Waals surface area contributed by atoms with Crippen LogP contribution in [0.2, 0.25) is 0 Å². The molecule has 0 aliphatic carbocycles. The Bertz CT molecular complexity index is 39.1. The Morgan fingerprint density at radius 1 is 1.71 bits per heavy atom. The van der Waals surface area contributed by atoms with E-state index >= 15 is 0 Å². The van der Waals surface area contributed by atoms with E-state index < -0.39 is 0 Å². The van der Waals surface area contributed by atoms with Crippen LogP contribution < -0.4 is 0 Å². The van der Waals surface area contributed by atoms with Crippen LogP contribution in [0.5, 0.6) is 0 Å². The second-order valence-electron chi connectivity index (χ2n) is 1.57. The number of aliphatic hydroxyl groups is 1. The molecule has 0 bridgehead atoms. The average Bonchev–Trinajstić information content (AvgIpc) is 1.68. The molecular weight excluding hydrogens is 156 g/mol. The van der Waals surface area contributed by atoms with Gasteiger partial charge >= 0.3 is 0 Å². The Labute approximate surface area is 52.9 Å². The molecule has 44 valence electrons. The molecule has 1 nitrogen and oxygen atoms in total. The molecule has 0 aromatic carbocycles. The van der Waals surface area contributed by atoms with Crippen LogP contribution in [0.4, 0.5) is 0 Å². The summed E-state index contributed by atoms with van der Waals surface area (Å²) in [7, 11) is 0. The van der Waals surface area contributed by atoms with E-state index in [-0.39, 0.29) is 6.61 Å². The van der Waals surface area contributed by atoms with Crippen molar-refractivity contribution in [3.8, 4) is 0 Å². The first-order valence-corrected chi connectivity index (χ1v) is 3.47. The molecule has 0 saturated heterocycles. The van der Waals surface area contributed by atoms with Gasteiger partial charge in [0.25, 0.3) is 0 Å². The van der Waals surface area contributed by atoms with Crippen LogP contribution in [-0.4, -0.2) is 16.5 Å². The van der Waals surface area contributed by atoms with Gasteiger partial charge in [-0.1, -0.05) is 29.3 Å². The highest BCUT2D eigenvalue weighted by molar-refractivity contribution is 9.09. The topological polar surface area (TPSA) is 20.2 Å². The van der Waals surface area contributed by atoms with Crippen LogP contribution in [0.15, 0.2) is 0 Å². The summed E-state index contributed by atoms with van der Waals surface area (Å²) < 4.78 is 0. The smallest absolute Gasteiger partial charge is 0.0556 e. The van der Waals surface area contributed by atoms with Gasteiger partial charge in [-0.2, -0.15) is 0 Å². The van der Waals surface area contributed by atoms with Gasteiger partial charge < -0.3 is 5.11 Å². The van der Waals surface area contributed by atoms with Gasteiger partial charge in [-0.05, 0) is 6.42 Å². The molecule has 0 saturated carbocycles. The van der Waals surface area contributed by atoms with Crippen molar-refractivity contribution in [1.29, 1.82) is 0 Å². The molecular formula is C5H11BrO. The molecule has 0 aliphatic rings. The van der Waals surface area contributed by atoms with Crippen molar-refractivity contribution < 1.29 is 5.11 Å². The van der Waals surface area contributed by atoms with E-state index in [2.05, 4.69) is 22.9 Å². The zero-order chi connectivity index (χ0) is 5.70. The summed E-state index contributed by atoms with van der Waals surface area (Å²) >= 11 is 3.29. The number of aliphatic hydroxyl groups excluding tert-OH is 1. The number of halogens is 1. The van der Waals surface area contributed by atoms with Gasteiger partial charge in [0.1, 0.15) is 0 Å². The van der Waals surface area contributed by atoms with Crippen molar-refractivity contribution in [2.45, 2.75) is 24.6 Å². The molecule has 0 radical (unpaired) electrons. The third-order valence-corrected chi connectivity index (χ3v) is 1.55. The van der Waals surface area contributed by atoms with Crippen molar-refractivity contribution in [2.75, 3.05) is 6.61 Å². The van der Waals surface area contributed by atoms with E-state index in [1.165, 1.54) is 0 Å². The molecule has 1 atom stereocenters. The standard InChI is InChI=1S/C5H11BrO/c1-2-3-5(6)4-7/h5,7H,2-4H2,1H3. The van der Waals surface area contributed by atoms with Crippen molar-refractivity contribution in [1.82, 2.24) is 0 Å².